The number of ketones is 1. The molecule has 1 aromatic heterocycles. The van der Waals surface area contributed by atoms with Crippen LogP contribution in [0, 0.1) is 12.8 Å². The van der Waals surface area contributed by atoms with Crippen molar-refractivity contribution in [1.82, 2.24) is 9.88 Å². The molecule has 1 fully saturated rings. The van der Waals surface area contributed by atoms with Gasteiger partial charge in [0.05, 0.1) is 12.7 Å². The van der Waals surface area contributed by atoms with Crippen LogP contribution < -0.4 is 4.74 Å². The van der Waals surface area contributed by atoms with Gasteiger partial charge in [-0.15, -0.1) is 0 Å². The molecule has 25 heavy (non-hydrogen) atoms. The Labute approximate surface area is 147 Å². The predicted octanol–water partition coefficient (Wildman–Crippen LogP) is 3.13. The van der Waals surface area contributed by atoms with Gasteiger partial charge in [0, 0.05) is 36.5 Å². The second-order valence-electron chi connectivity index (χ2n) is 6.37. The Morgan fingerprint density at radius 3 is 2.76 bits per heavy atom. The average molecular weight is 338 g/mol. The van der Waals surface area contributed by atoms with E-state index in [0.29, 0.717) is 30.0 Å². The Hall–Kier alpha value is -2.69. The van der Waals surface area contributed by atoms with E-state index in [9.17, 15) is 9.59 Å². The van der Waals surface area contributed by atoms with Crippen LogP contribution in [0.4, 0.5) is 0 Å². The quantitative estimate of drug-likeness (QED) is 0.804. The summed E-state index contributed by atoms with van der Waals surface area (Å²) in [5.74, 6) is 0.498. The summed E-state index contributed by atoms with van der Waals surface area (Å²) < 4.78 is 5.20. The standard InChI is InChI=1S/C20H22N2O3/c1-14-8-9-16(12-21-14)20(24)22-10-4-6-17(13-22)19(23)15-5-3-7-18(11-15)25-2/h3,5,7-9,11-12,17H,4,6,10,13H2,1-2H3. The maximum absolute atomic E-state index is 12.8. The Balaban J connectivity index is 1.73. The molecule has 1 aromatic carbocycles. The van der Waals surface area contributed by atoms with Crippen LogP contribution in [0.3, 0.4) is 0 Å². The van der Waals surface area contributed by atoms with E-state index in [1.165, 1.54) is 0 Å². The Bertz CT molecular complexity index is 771. The smallest absolute Gasteiger partial charge is 0.255 e. The van der Waals surface area contributed by atoms with E-state index in [1.807, 2.05) is 25.1 Å². The van der Waals surface area contributed by atoms with Crippen molar-refractivity contribution in [1.29, 1.82) is 0 Å². The van der Waals surface area contributed by atoms with E-state index in [2.05, 4.69) is 4.98 Å². The average Bonchev–Trinajstić information content (AvgIpc) is 2.67. The molecule has 1 saturated heterocycles. The van der Waals surface area contributed by atoms with Gasteiger partial charge in [0.2, 0.25) is 0 Å². The van der Waals surface area contributed by atoms with E-state index < -0.39 is 0 Å². The molecule has 1 aliphatic heterocycles. The molecular formula is C20H22N2O3. The van der Waals surface area contributed by atoms with Gasteiger partial charge in [-0.05, 0) is 44.0 Å². The van der Waals surface area contributed by atoms with Gasteiger partial charge in [0.1, 0.15) is 5.75 Å². The number of carbonyl (C=O) groups is 2. The number of piperidine rings is 1. The van der Waals surface area contributed by atoms with E-state index in [-0.39, 0.29) is 17.6 Å². The minimum Gasteiger partial charge on any atom is -0.497 e. The number of pyridine rings is 1. The third kappa shape index (κ3) is 3.87. The highest BCUT2D eigenvalue weighted by atomic mass is 16.5. The van der Waals surface area contributed by atoms with Gasteiger partial charge in [-0.3, -0.25) is 14.6 Å². The topological polar surface area (TPSA) is 59.5 Å². The fourth-order valence-corrected chi connectivity index (χ4v) is 3.16. The maximum atomic E-state index is 12.8. The molecule has 0 aliphatic carbocycles. The van der Waals surface area contributed by atoms with Crippen LogP contribution in [-0.2, 0) is 0 Å². The molecule has 0 spiro atoms. The number of rotatable bonds is 4. The highest BCUT2D eigenvalue weighted by molar-refractivity contribution is 5.99. The number of aromatic nitrogens is 1. The fraction of sp³-hybridized carbons (Fsp3) is 0.350. The molecule has 1 atom stereocenters. The molecular weight excluding hydrogens is 316 g/mol. The van der Waals surface area contributed by atoms with E-state index in [4.69, 9.17) is 4.74 Å². The molecule has 0 bridgehead atoms. The van der Waals surface area contributed by atoms with Gasteiger partial charge in [-0.2, -0.15) is 0 Å². The maximum Gasteiger partial charge on any atom is 0.255 e. The number of amides is 1. The Morgan fingerprint density at radius 2 is 2.04 bits per heavy atom. The number of hydrogen-bond donors (Lipinski definition) is 0. The lowest BCUT2D eigenvalue weighted by Gasteiger charge is -2.32. The number of benzene rings is 1. The van der Waals surface area contributed by atoms with Crippen LogP contribution in [0.1, 0.15) is 39.3 Å². The third-order valence-electron chi connectivity index (χ3n) is 4.59. The third-order valence-corrected chi connectivity index (χ3v) is 4.59. The van der Waals surface area contributed by atoms with Crippen molar-refractivity contribution < 1.29 is 14.3 Å². The van der Waals surface area contributed by atoms with Gasteiger partial charge in [-0.25, -0.2) is 0 Å². The molecule has 3 rings (SSSR count). The Morgan fingerprint density at radius 1 is 1.20 bits per heavy atom. The number of methoxy groups -OCH3 is 1. The van der Waals surface area contributed by atoms with Crippen molar-refractivity contribution in [3.8, 4) is 5.75 Å². The molecule has 0 saturated carbocycles. The second kappa shape index (κ2) is 7.47. The van der Waals surface area contributed by atoms with Crippen molar-refractivity contribution in [2.45, 2.75) is 19.8 Å². The monoisotopic (exact) mass is 338 g/mol. The zero-order valence-corrected chi connectivity index (χ0v) is 14.6. The first kappa shape index (κ1) is 17.1. The molecule has 2 heterocycles. The SMILES string of the molecule is COc1cccc(C(=O)C2CCCN(C(=O)c3ccc(C)nc3)C2)c1. The van der Waals surface area contributed by atoms with E-state index in [0.717, 1.165) is 18.5 Å². The molecule has 1 aliphatic rings. The van der Waals surface area contributed by atoms with E-state index >= 15 is 0 Å². The lowest BCUT2D eigenvalue weighted by Crippen LogP contribution is -2.42. The van der Waals surface area contributed by atoms with Crippen molar-refractivity contribution in [3.05, 3.63) is 59.4 Å². The number of hydrogen-bond acceptors (Lipinski definition) is 4. The summed E-state index contributed by atoms with van der Waals surface area (Å²) in [7, 11) is 1.58. The minimum absolute atomic E-state index is 0.0596. The fourth-order valence-electron chi connectivity index (χ4n) is 3.16. The first-order chi connectivity index (χ1) is 12.1. The normalized spacial score (nSPS) is 17.2. The minimum atomic E-state index is -0.178. The van der Waals surface area contributed by atoms with Crippen LogP contribution in [0.2, 0.25) is 0 Å². The molecule has 0 radical (unpaired) electrons. The number of likely N-dealkylation sites (tertiary alicyclic amines) is 1. The highest BCUT2D eigenvalue weighted by Gasteiger charge is 2.29. The summed E-state index contributed by atoms with van der Waals surface area (Å²) in [6.07, 6.45) is 3.22. The summed E-state index contributed by atoms with van der Waals surface area (Å²) in [5, 5.41) is 0. The summed E-state index contributed by atoms with van der Waals surface area (Å²) in [5.41, 5.74) is 2.08. The predicted molar refractivity (Wildman–Crippen MR) is 94.9 cm³/mol. The van der Waals surface area contributed by atoms with Crippen LogP contribution in [0.5, 0.6) is 5.75 Å². The van der Waals surface area contributed by atoms with Crippen molar-refractivity contribution >= 4 is 11.7 Å². The molecule has 5 nitrogen and oxygen atoms in total. The molecule has 2 aromatic rings. The number of aryl methyl sites for hydroxylation is 1. The zero-order chi connectivity index (χ0) is 17.8. The van der Waals surface area contributed by atoms with E-state index in [1.54, 1.807) is 36.4 Å². The Kier molecular flexibility index (Phi) is 5.12. The number of Topliss-reactive ketones (excluding diaryl/α,β-unsaturated/α-hetero) is 1. The lowest BCUT2D eigenvalue weighted by atomic mass is 9.89. The molecule has 130 valence electrons. The van der Waals surface area contributed by atoms with Gasteiger partial charge >= 0.3 is 0 Å². The zero-order valence-electron chi connectivity index (χ0n) is 14.6. The number of nitrogens with zero attached hydrogens (tertiary/aromatic N) is 2. The molecule has 5 heteroatoms. The summed E-state index contributed by atoms with van der Waals surface area (Å²) in [4.78, 5) is 31.4. The number of carbonyl (C=O) groups excluding carboxylic acids is 2. The van der Waals surface area contributed by atoms with Gasteiger partial charge < -0.3 is 9.64 Å². The van der Waals surface area contributed by atoms with Crippen molar-refractivity contribution in [3.63, 3.8) is 0 Å². The highest BCUT2D eigenvalue weighted by Crippen LogP contribution is 2.24. The van der Waals surface area contributed by atoms with Crippen LogP contribution in [0.25, 0.3) is 0 Å². The van der Waals surface area contributed by atoms with Crippen LogP contribution in [0.15, 0.2) is 42.6 Å². The second-order valence-corrected chi connectivity index (χ2v) is 6.37. The largest absolute Gasteiger partial charge is 0.497 e. The van der Waals surface area contributed by atoms with Crippen molar-refractivity contribution in [2.75, 3.05) is 20.2 Å². The molecule has 0 N–H and O–H groups in total. The van der Waals surface area contributed by atoms with Crippen LogP contribution in [-0.4, -0.2) is 41.8 Å². The lowest BCUT2D eigenvalue weighted by molar-refractivity contribution is 0.0636. The van der Waals surface area contributed by atoms with Gasteiger partial charge in [0.25, 0.3) is 5.91 Å². The van der Waals surface area contributed by atoms with Gasteiger partial charge in [0.15, 0.2) is 5.78 Å². The van der Waals surface area contributed by atoms with Crippen LogP contribution >= 0.6 is 0 Å². The molecule has 1 unspecified atom stereocenters. The molecule has 1 amide bonds. The first-order valence-corrected chi connectivity index (χ1v) is 8.48. The number of ether oxygens (including phenoxy) is 1. The first-order valence-electron chi connectivity index (χ1n) is 8.48. The summed E-state index contributed by atoms with van der Waals surface area (Å²) >= 11 is 0. The van der Waals surface area contributed by atoms with Crippen molar-refractivity contribution in [2.24, 2.45) is 5.92 Å². The van der Waals surface area contributed by atoms with Gasteiger partial charge in [-0.1, -0.05) is 12.1 Å². The summed E-state index contributed by atoms with van der Waals surface area (Å²) in [6, 6.07) is 10.8. The summed E-state index contributed by atoms with van der Waals surface area (Å²) in [6.45, 7) is 3.01.